The zero-order valence-corrected chi connectivity index (χ0v) is 19.0. The van der Waals surface area contributed by atoms with Crippen molar-refractivity contribution < 1.29 is 17.9 Å². The van der Waals surface area contributed by atoms with Gasteiger partial charge in [-0.3, -0.25) is 0 Å². The summed E-state index contributed by atoms with van der Waals surface area (Å²) in [4.78, 5) is 2.62. The van der Waals surface area contributed by atoms with Crippen LogP contribution in [0.2, 0.25) is 0 Å². The van der Waals surface area contributed by atoms with Gasteiger partial charge in [-0.1, -0.05) is 43.7 Å². The Morgan fingerprint density at radius 2 is 1.61 bits per heavy atom. The van der Waals surface area contributed by atoms with Crippen LogP contribution in [0.15, 0.2) is 59.5 Å². The standard InChI is InChI=1S/C24H32N2O4S/c1-2-3-15-26(20-21-7-5-4-6-8-21)31(27,28)23-11-9-22(10-12-23)25-16-13-24(14-17-25)29-18-19-30-24/h4-12H,2-3,13-20H2,1H3. The van der Waals surface area contributed by atoms with Gasteiger partial charge in [-0.05, 0) is 36.2 Å². The van der Waals surface area contributed by atoms with Crippen LogP contribution in [-0.2, 0) is 26.0 Å². The molecule has 168 valence electrons. The predicted molar refractivity (Wildman–Crippen MR) is 121 cm³/mol. The van der Waals surface area contributed by atoms with Gasteiger partial charge in [-0.25, -0.2) is 8.42 Å². The summed E-state index contributed by atoms with van der Waals surface area (Å²) in [6, 6.07) is 17.1. The lowest BCUT2D eigenvalue weighted by atomic mass is 10.0. The summed E-state index contributed by atoms with van der Waals surface area (Å²) in [5, 5.41) is 0. The van der Waals surface area contributed by atoms with Crippen molar-refractivity contribution in [3.8, 4) is 0 Å². The third-order valence-electron chi connectivity index (χ3n) is 6.14. The number of nitrogens with zero attached hydrogens (tertiary/aromatic N) is 2. The second kappa shape index (κ2) is 9.69. The second-order valence-electron chi connectivity index (χ2n) is 8.27. The lowest BCUT2D eigenvalue weighted by Crippen LogP contribution is -2.45. The zero-order valence-electron chi connectivity index (χ0n) is 18.2. The Hall–Kier alpha value is -1.93. The Balaban J connectivity index is 1.46. The monoisotopic (exact) mass is 444 g/mol. The Morgan fingerprint density at radius 3 is 2.23 bits per heavy atom. The van der Waals surface area contributed by atoms with E-state index < -0.39 is 15.8 Å². The van der Waals surface area contributed by atoms with E-state index in [1.165, 1.54) is 0 Å². The van der Waals surface area contributed by atoms with Crippen molar-refractivity contribution in [3.63, 3.8) is 0 Å². The van der Waals surface area contributed by atoms with Gasteiger partial charge in [-0.2, -0.15) is 4.31 Å². The molecule has 2 aliphatic rings. The first-order valence-corrected chi connectivity index (χ1v) is 12.6. The number of unbranched alkanes of at least 4 members (excludes halogenated alkanes) is 1. The summed E-state index contributed by atoms with van der Waals surface area (Å²) in [5.74, 6) is -0.406. The number of rotatable bonds is 8. The number of benzene rings is 2. The van der Waals surface area contributed by atoms with Gasteiger partial charge in [-0.15, -0.1) is 0 Å². The number of anilines is 1. The van der Waals surface area contributed by atoms with E-state index in [4.69, 9.17) is 9.47 Å². The highest BCUT2D eigenvalue weighted by Gasteiger charge is 2.39. The van der Waals surface area contributed by atoms with E-state index in [1.807, 2.05) is 42.5 Å². The SMILES string of the molecule is CCCCN(Cc1ccccc1)S(=O)(=O)c1ccc(N2CCC3(CC2)OCCO3)cc1. The molecular formula is C24H32N2O4S. The summed E-state index contributed by atoms with van der Waals surface area (Å²) >= 11 is 0. The van der Waals surface area contributed by atoms with Crippen LogP contribution in [0.1, 0.15) is 38.2 Å². The fourth-order valence-corrected chi connectivity index (χ4v) is 5.74. The Morgan fingerprint density at radius 1 is 0.968 bits per heavy atom. The molecule has 0 aromatic heterocycles. The topological polar surface area (TPSA) is 59.1 Å². The van der Waals surface area contributed by atoms with Gasteiger partial charge in [0.2, 0.25) is 10.0 Å². The largest absolute Gasteiger partial charge is 0.371 e. The predicted octanol–water partition coefficient (Wildman–Crippen LogP) is 4.02. The maximum absolute atomic E-state index is 13.4. The normalized spacial score (nSPS) is 18.7. The number of ether oxygens (including phenoxy) is 2. The maximum atomic E-state index is 13.4. The summed E-state index contributed by atoms with van der Waals surface area (Å²) in [6.45, 7) is 5.99. The molecular weight excluding hydrogens is 412 g/mol. The van der Waals surface area contributed by atoms with Crippen LogP contribution < -0.4 is 4.90 Å². The van der Waals surface area contributed by atoms with Crippen molar-refractivity contribution in [1.82, 2.24) is 4.31 Å². The highest BCUT2D eigenvalue weighted by molar-refractivity contribution is 7.89. The molecule has 0 saturated carbocycles. The van der Waals surface area contributed by atoms with Crippen molar-refractivity contribution >= 4 is 15.7 Å². The van der Waals surface area contributed by atoms with Crippen LogP contribution in [-0.4, -0.2) is 51.4 Å². The Kier molecular flexibility index (Phi) is 6.96. The van der Waals surface area contributed by atoms with Crippen LogP contribution in [0.4, 0.5) is 5.69 Å². The minimum Gasteiger partial charge on any atom is -0.371 e. The molecule has 0 N–H and O–H groups in total. The minimum absolute atomic E-state index is 0.347. The third-order valence-corrected chi connectivity index (χ3v) is 8.00. The number of piperidine rings is 1. The first-order valence-electron chi connectivity index (χ1n) is 11.2. The maximum Gasteiger partial charge on any atom is 0.243 e. The van der Waals surface area contributed by atoms with Crippen molar-refractivity contribution in [2.75, 3.05) is 37.7 Å². The minimum atomic E-state index is -3.56. The molecule has 0 amide bonds. The van der Waals surface area contributed by atoms with Gasteiger partial charge in [0.15, 0.2) is 5.79 Å². The van der Waals surface area contributed by atoms with Crippen molar-refractivity contribution in [2.45, 2.75) is 49.8 Å². The lowest BCUT2D eigenvalue weighted by Gasteiger charge is -2.38. The van der Waals surface area contributed by atoms with Gasteiger partial charge in [0.1, 0.15) is 0 Å². The molecule has 1 spiro atoms. The molecule has 2 aliphatic heterocycles. The zero-order chi connectivity index (χ0) is 21.7. The smallest absolute Gasteiger partial charge is 0.243 e. The van der Waals surface area contributed by atoms with E-state index in [-0.39, 0.29) is 0 Å². The van der Waals surface area contributed by atoms with Crippen LogP contribution in [0.3, 0.4) is 0 Å². The van der Waals surface area contributed by atoms with Crippen LogP contribution in [0.25, 0.3) is 0 Å². The average molecular weight is 445 g/mol. The molecule has 2 fully saturated rings. The molecule has 4 rings (SSSR count). The number of sulfonamides is 1. The molecule has 0 atom stereocenters. The molecule has 7 heteroatoms. The third kappa shape index (κ3) is 5.12. The van der Waals surface area contributed by atoms with E-state index in [1.54, 1.807) is 16.4 Å². The van der Waals surface area contributed by atoms with Gasteiger partial charge >= 0.3 is 0 Å². The van der Waals surface area contributed by atoms with Crippen molar-refractivity contribution in [2.24, 2.45) is 0 Å². The first-order chi connectivity index (χ1) is 15.0. The highest BCUT2D eigenvalue weighted by Crippen LogP contribution is 2.33. The summed E-state index contributed by atoms with van der Waals surface area (Å²) in [6.07, 6.45) is 3.44. The van der Waals surface area contributed by atoms with E-state index in [9.17, 15) is 8.42 Å². The molecule has 0 bridgehead atoms. The quantitative estimate of drug-likeness (QED) is 0.616. The molecule has 0 unspecified atom stereocenters. The van der Waals surface area contributed by atoms with E-state index in [0.29, 0.717) is 31.2 Å². The molecule has 2 saturated heterocycles. The summed E-state index contributed by atoms with van der Waals surface area (Å²) < 4.78 is 40.0. The lowest BCUT2D eigenvalue weighted by molar-refractivity contribution is -0.169. The van der Waals surface area contributed by atoms with Crippen LogP contribution >= 0.6 is 0 Å². The van der Waals surface area contributed by atoms with Crippen LogP contribution in [0.5, 0.6) is 0 Å². The van der Waals surface area contributed by atoms with Gasteiger partial charge in [0.05, 0.1) is 18.1 Å². The molecule has 6 nitrogen and oxygen atoms in total. The van der Waals surface area contributed by atoms with Gasteiger partial charge in [0, 0.05) is 44.7 Å². The second-order valence-corrected chi connectivity index (χ2v) is 10.2. The van der Waals surface area contributed by atoms with Gasteiger partial charge in [0.25, 0.3) is 0 Å². The fourth-order valence-electron chi connectivity index (χ4n) is 4.28. The molecule has 2 aromatic rings. The molecule has 2 heterocycles. The van der Waals surface area contributed by atoms with E-state index >= 15 is 0 Å². The highest BCUT2D eigenvalue weighted by atomic mass is 32.2. The first kappa shape index (κ1) is 22.3. The Labute approximate surface area is 185 Å². The van der Waals surface area contributed by atoms with E-state index in [0.717, 1.165) is 50.0 Å². The number of hydrogen-bond acceptors (Lipinski definition) is 5. The summed E-state index contributed by atoms with van der Waals surface area (Å²) in [5.41, 5.74) is 2.03. The molecule has 31 heavy (non-hydrogen) atoms. The molecule has 0 aliphatic carbocycles. The van der Waals surface area contributed by atoms with Crippen LogP contribution in [0, 0.1) is 0 Å². The Bertz CT molecular complexity index is 931. The van der Waals surface area contributed by atoms with Gasteiger partial charge < -0.3 is 14.4 Å². The fraction of sp³-hybridized carbons (Fsp3) is 0.500. The molecule has 2 aromatic carbocycles. The summed E-state index contributed by atoms with van der Waals surface area (Å²) in [7, 11) is -3.56. The van der Waals surface area contributed by atoms with Crippen molar-refractivity contribution in [1.29, 1.82) is 0 Å². The van der Waals surface area contributed by atoms with Crippen molar-refractivity contribution in [3.05, 3.63) is 60.2 Å². The number of hydrogen-bond donors (Lipinski definition) is 0. The average Bonchev–Trinajstić information content (AvgIpc) is 3.25. The molecule has 0 radical (unpaired) electrons. The van der Waals surface area contributed by atoms with E-state index in [2.05, 4.69) is 11.8 Å².